The number of carbonyl (C=O) groups is 1. The Morgan fingerprint density at radius 1 is 1.57 bits per heavy atom. The minimum atomic E-state index is -0.730. The summed E-state index contributed by atoms with van der Waals surface area (Å²) in [7, 11) is 0. The molecule has 0 aliphatic carbocycles. The van der Waals surface area contributed by atoms with Crippen LogP contribution in [0, 0.1) is 0 Å². The van der Waals surface area contributed by atoms with Gasteiger partial charge in [0, 0.05) is 12.1 Å². The lowest BCUT2D eigenvalue weighted by molar-refractivity contribution is -0.107. The zero-order chi connectivity index (χ0) is 9.97. The number of hydrogen-bond acceptors (Lipinski definition) is 3. The van der Waals surface area contributed by atoms with E-state index in [1.54, 1.807) is 6.07 Å². The van der Waals surface area contributed by atoms with Gasteiger partial charge in [-0.2, -0.15) is 0 Å². The van der Waals surface area contributed by atoms with Crippen LogP contribution in [0.25, 0.3) is 0 Å². The smallest absolute Gasteiger partial charge is 0.135 e. The van der Waals surface area contributed by atoms with Crippen LogP contribution in [0.1, 0.15) is 5.69 Å². The monoisotopic (exact) mass is 194 g/mol. The zero-order valence-electron chi connectivity index (χ0n) is 7.69. The topological polar surface area (TPSA) is 33.2 Å². The number of rotatable bonds is 3. The molecule has 0 atom stereocenters. The molecule has 2 rings (SSSR count). The molecule has 0 aromatic carbocycles. The van der Waals surface area contributed by atoms with E-state index in [1.807, 2.05) is 17.0 Å². The molecule has 1 fully saturated rings. The third-order valence-electron chi connectivity index (χ3n) is 2.25. The van der Waals surface area contributed by atoms with Crippen LogP contribution in [-0.2, 0) is 11.2 Å². The van der Waals surface area contributed by atoms with Gasteiger partial charge in [0.15, 0.2) is 0 Å². The van der Waals surface area contributed by atoms with Crippen LogP contribution in [-0.4, -0.2) is 30.5 Å². The van der Waals surface area contributed by atoms with Crippen molar-refractivity contribution in [2.45, 2.75) is 12.6 Å². The maximum absolute atomic E-state index is 12.6. The molecule has 14 heavy (non-hydrogen) atoms. The lowest BCUT2D eigenvalue weighted by Crippen LogP contribution is -2.48. The van der Waals surface area contributed by atoms with Crippen molar-refractivity contribution in [2.24, 2.45) is 0 Å². The molecular weight excluding hydrogens is 183 g/mol. The van der Waals surface area contributed by atoms with Crippen molar-refractivity contribution in [2.75, 3.05) is 18.0 Å². The SMILES string of the molecule is O=CCc1cccc(N2CC(F)C2)n1. The Hall–Kier alpha value is -1.45. The highest BCUT2D eigenvalue weighted by atomic mass is 19.1. The number of hydrogen-bond donors (Lipinski definition) is 0. The van der Waals surface area contributed by atoms with Gasteiger partial charge in [-0.25, -0.2) is 9.37 Å². The molecule has 1 aliphatic rings. The molecule has 2 heterocycles. The molecule has 0 N–H and O–H groups in total. The first-order valence-electron chi connectivity index (χ1n) is 4.58. The normalized spacial score (nSPS) is 16.5. The number of nitrogens with zero attached hydrogens (tertiary/aromatic N) is 2. The summed E-state index contributed by atoms with van der Waals surface area (Å²) in [5.41, 5.74) is 0.736. The molecule has 0 radical (unpaired) electrons. The highest BCUT2D eigenvalue weighted by Crippen LogP contribution is 2.20. The van der Waals surface area contributed by atoms with Gasteiger partial charge in [-0.05, 0) is 12.1 Å². The van der Waals surface area contributed by atoms with Crippen molar-refractivity contribution in [3.05, 3.63) is 23.9 Å². The van der Waals surface area contributed by atoms with Gasteiger partial charge in [-0.3, -0.25) is 0 Å². The quantitative estimate of drug-likeness (QED) is 0.672. The summed E-state index contributed by atoms with van der Waals surface area (Å²) < 4.78 is 12.6. The van der Waals surface area contributed by atoms with Crippen molar-refractivity contribution in [1.82, 2.24) is 4.98 Å². The van der Waals surface area contributed by atoms with E-state index >= 15 is 0 Å². The number of alkyl halides is 1. The molecule has 0 spiro atoms. The summed E-state index contributed by atoms with van der Waals surface area (Å²) in [6.07, 6.45) is 0.410. The van der Waals surface area contributed by atoms with Gasteiger partial charge < -0.3 is 9.69 Å². The van der Waals surface area contributed by atoms with Crippen LogP contribution in [0.2, 0.25) is 0 Å². The first-order valence-corrected chi connectivity index (χ1v) is 4.58. The maximum Gasteiger partial charge on any atom is 0.135 e. The maximum atomic E-state index is 12.6. The van der Waals surface area contributed by atoms with E-state index in [-0.39, 0.29) is 0 Å². The van der Waals surface area contributed by atoms with Crippen molar-refractivity contribution >= 4 is 12.1 Å². The first kappa shape index (κ1) is 9.12. The Morgan fingerprint density at radius 2 is 2.36 bits per heavy atom. The lowest BCUT2D eigenvalue weighted by Gasteiger charge is -2.35. The predicted octanol–water partition coefficient (Wildman–Crippen LogP) is 0.981. The first-order chi connectivity index (χ1) is 6.79. The van der Waals surface area contributed by atoms with E-state index in [4.69, 9.17) is 0 Å². The fourth-order valence-electron chi connectivity index (χ4n) is 1.45. The molecule has 1 saturated heterocycles. The summed E-state index contributed by atoms with van der Waals surface area (Å²) in [5.74, 6) is 0.762. The van der Waals surface area contributed by atoms with Crippen molar-refractivity contribution < 1.29 is 9.18 Å². The van der Waals surface area contributed by atoms with Crippen LogP contribution < -0.4 is 4.90 Å². The predicted molar refractivity (Wildman–Crippen MR) is 51.1 cm³/mol. The van der Waals surface area contributed by atoms with Gasteiger partial charge in [0.1, 0.15) is 18.3 Å². The summed E-state index contributed by atoms with van der Waals surface area (Å²) in [6.45, 7) is 0.828. The number of aldehydes is 1. The van der Waals surface area contributed by atoms with E-state index in [1.165, 1.54) is 0 Å². The van der Waals surface area contributed by atoms with Gasteiger partial charge in [0.25, 0.3) is 0 Å². The van der Waals surface area contributed by atoms with Gasteiger partial charge in [-0.15, -0.1) is 0 Å². The molecule has 0 bridgehead atoms. The third-order valence-corrected chi connectivity index (χ3v) is 2.25. The molecule has 0 saturated carbocycles. The van der Waals surface area contributed by atoms with Crippen LogP contribution in [0.5, 0.6) is 0 Å². The fourth-order valence-corrected chi connectivity index (χ4v) is 1.45. The minimum Gasteiger partial charge on any atom is -0.351 e. The Bertz CT molecular complexity index is 337. The second kappa shape index (κ2) is 3.74. The fraction of sp³-hybridized carbons (Fsp3) is 0.400. The molecule has 1 aliphatic heterocycles. The standard InChI is InChI=1S/C10H11FN2O/c11-8-6-13(7-8)10-3-1-2-9(12-10)4-5-14/h1-3,5,8H,4,6-7H2. The average molecular weight is 194 g/mol. The Morgan fingerprint density at radius 3 is 3.00 bits per heavy atom. The van der Waals surface area contributed by atoms with Gasteiger partial charge in [-0.1, -0.05) is 6.07 Å². The van der Waals surface area contributed by atoms with Crippen molar-refractivity contribution in [1.29, 1.82) is 0 Å². The largest absolute Gasteiger partial charge is 0.351 e. The minimum absolute atomic E-state index is 0.320. The Kier molecular flexibility index (Phi) is 2.43. The molecule has 3 nitrogen and oxygen atoms in total. The van der Waals surface area contributed by atoms with Crippen LogP contribution in [0.3, 0.4) is 0 Å². The zero-order valence-corrected chi connectivity index (χ0v) is 7.69. The summed E-state index contributed by atoms with van der Waals surface area (Å²) in [5, 5.41) is 0. The van der Waals surface area contributed by atoms with E-state index in [0.717, 1.165) is 17.8 Å². The van der Waals surface area contributed by atoms with Crippen LogP contribution in [0.4, 0.5) is 10.2 Å². The molecular formula is C10H11FN2O. The molecule has 0 unspecified atom stereocenters. The second-order valence-electron chi connectivity index (χ2n) is 3.36. The molecule has 0 amide bonds. The average Bonchev–Trinajstić information content (AvgIpc) is 2.14. The summed E-state index contributed by atoms with van der Waals surface area (Å²) >= 11 is 0. The Labute approximate surface area is 81.6 Å². The van der Waals surface area contributed by atoms with Crippen LogP contribution in [0.15, 0.2) is 18.2 Å². The van der Waals surface area contributed by atoms with E-state index in [2.05, 4.69) is 4.98 Å². The molecule has 74 valence electrons. The molecule has 1 aromatic heterocycles. The van der Waals surface area contributed by atoms with Gasteiger partial charge >= 0.3 is 0 Å². The van der Waals surface area contributed by atoms with E-state index in [0.29, 0.717) is 19.5 Å². The summed E-state index contributed by atoms with van der Waals surface area (Å²) in [4.78, 5) is 16.4. The van der Waals surface area contributed by atoms with E-state index in [9.17, 15) is 9.18 Å². The van der Waals surface area contributed by atoms with Crippen molar-refractivity contribution in [3.8, 4) is 0 Å². The number of aromatic nitrogens is 1. The van der Waals surface area contributed by atoms with Crippen molar-refractivity contribution in [3.63, 3.8) is 0 Å². The number of halogens is 1. The van der Waals surface area contributed by atoms with Crippen LogP contribution >= 0.6 is 0 Å². The number of anilines is 1. The summed E-state index contributed by atoms with van der Waals surface area (Å²) in [6, 6.07) is 5.47. The van der Waals surface area contributed by atoms with E-state index < -0.39 is 6.17 Å². The highest BCUT2D eigenvalue weighted by molar-refractivity contribution is 5.54. The number of carbonyl (C=O) groups excluding carboxylic acids is 1. The highest BCUT2D eigenvalue weighted by Gasteiger charge is 2.26. The van der Waals surface area contributed by atoms with Gasteiger partial charge in [0.2, 0.25) is 0 Å². The molecule has 4 heteroatoms. The van der Waals surface area contributed by atoms with Gasteiger partial charge in [0.05, 0.1) is 13.1 Å². The lowest BCUT2D eigenvalue weighted by atomic mass is 10.2. The Balaban J connectivity index is 2.10. The third kappa shape index (κ3) is 1.73. The second-order valence-corrected chi connectivity index (χ2v) is 3.36. The number of pyridine rings is 1. The molecule has 1 aromatic rings.